The summed E-state index contributed by atoms with van der Waals surface area (Å²) in [6.45, 7) is 7.11. The van der Waals surface area contributed by atoms with Crippen molar-refractivity contribution < 1.29 is 9.53 Å². The predicted octanol–water partition coefficient (Wildman–Crippen LogP) is 1.58. The minimum absolute atomic E-state index is 0. The molecule has 1 unspecified atom stereocenters. The van der Waals surface area contributed by atoms with Crippen molar-refractivity contribution in [2.45, 2.75) is 32.0 Å². The first-order valence-corrected chi connectivity index (χ1v) is 7.38. The Kier molecular flexibility index (Phi) is 9.73. The Bertz CT molecular complexity index is 466. The van der Waals surface area contributed by atoms with Crippen LogP contribution < -0.4 is 11.1 Å². The minimum atomic E-state index is -0.412. The number of benzene rings is 1. The van der Waals surface area contributed by atoms with E-state index in [1.807, 2.05) is 32.0 Å². The Morgan fingerprint density at radius 3 is 2.61 bits per heavy atom. The van der Waals surface area contributed by atoms with Gasteiger partial charge in [-0.05, 0) is 19.4 Å². The van der Waals surface area contributed by atoms with Crippen molar-refractivity contribution in [1.82, 2.24) is 10.2 Å². The molecule has 0 spiro atoms. The van der Waals surface area contributed by atoms with Crippen LogP contribution in [0.3, 0.4) is 0 Å². The van der Waals surface area contributed by atoms with E-state index in [1.165, 1.54) is 5.56 Å². The lowest BCUT2D eigenvalue weighted by Gasteiger charge is -2.32. The molecule has 132 valence electrons. The molecule has 1 aliphatic heterocycles. The van der Waals surface area contributed by atoms with Crippen LogP contribution in [-0.2, 0) is 16.1 Å². The largest absolute Gasteiger partial charge is 0.366 e. The number of nitrogens with one attached hydrogen (secondary N) is 1. The van der Waals surface area contributed by atoms with Crippen LogP contribution in [0.1, 0.15) is 19.4 Å². The summed E-state index contributed by atoms with van der Waals surface area (Å²) in [4.78, 5) is 14.4. The smallest absolute Gasteiger partial charge is 0.250 e. The second kappa shape index (κ2) is 10.1. The van der Waals surface area contributed by atoms with Gasteiger partial charge in [0, 0.05) is 31.7 Å². The predicted molar refractivity (Wildman–Crippen MR) is 97.2 cm³/mol. The number of hydrogen-bond donors (Lipinski definition) is 2. The quantitative estimate of drug-likeness (QED) is 0.833. The fraction of sp³-hybridized carbons (Fsp3) is 0.562. The van der Waals surface area contributed by atoms with Gasteiger partial charge in [-0.3, -0.25) is 9.69 Å². The summed E-state index contributed by atoms with van der Waals surface area (Å²) in [7, 11) is 0. The number of halogens is 2. The minimum Gasteiger partial charge on any atom is -0.366 e. The molecule has 5 nitrogen and oxygen atoms in total. The van der Waals surface area contributed by atoms with Crippen LogP contribution in [0.25, 0.3) is 0 Å². The number of nitrogens with two attached hydrogens (primary N) is 1. The second-order valence-corrected chi connectivity index (χ2v) is 6.29. The summed E-state index contributed by atoms with van der Waals surface area (Å²) in [5, 5.41) is 2.86. The first-order chi connectivity index (χ1) is 9.94. The van der Waals surface area contributed by atoms with Crippen molar-refractivity contribution in [2.24, 2.45) is 5.73 Å². The van der Waals surface area contributed by atoms with E-state index in [-0.39, 0.29) is 30.7 Å². The monoisotopic (exact) mass is 363 g/mol. The van der Waals surface area contributed by atoms with Crippen LogP contribution in [0.4, 0.5) is 0 Å². The van der Waals surface area contributed by atoms with Crippen molar-refractivity contribution >= 4 is 30.7 Å². The number of morpholine rings is 1. The molecule has 0 aliphatic carbocycles. The van der Waals surface area contributed by atoms with Gasteiger partial charge in [-0.1, -0.05) is 30.3 Å². The van der Waals surface area contributed by atoms with Crippen LogP contribution in [0.2, 0.25) is 0 Å². The van der Waals surface area contributed by atoms with Gasteiger partial charge in [0.05, 0.1) is 6.61 Å². The lowest BCUT2D eigenvalue weighted by atomic mass is 10.1. The van der Waals surface area contributed by atoms with E-state index in [1.54, 1.807) is 0 Å². The van der Waals surface area contributed by atoms with E-state index < -0.39 is 11.6 Å². The van der Waals surface area contributed by atoms with E-state index in [9.17, 15) is 4.79 Å². The van der Waals surface area contributed by atoms with E-state index in [2.05, 4.69) is 22.3 Å². The molecular formula is C16H27Cl2N3O2. The Morgan fingerprint density at radius 2 is 2.00 bits per heavy atom. The SMILES string of the molecule is CC(C)(N)CNC(=O)C1CN(Cc2ccccc2)CCO1.Cl.Cl. The molecule has 1 fully saturated rings. The van der Waals surface area contributed by atoms with Crippen molar-refractivity contribution in [1.29, 1.82) is 0 Å². The Morgan fingerprint density at radius 1 is 1.35 bits per heavy atom. The van der Waals surface area contributed by atoms with E-state index in [0.29, 0.717) is 19.7 Å². The first kappa shape index (κ1) is 22.1. The highest BCUT2D eigenvalue weighted by Crippen LogP contribution is 2.10. The number of carbonyl (C=O) groups is 1. The van der Waals surface area contributed by atoms with E-state index in [4.69, 9.17) is 10.5 Å². The first-order valence-electron chi connectivity index (χ1n) is 7.38. The van der Waals surface area contributed by atoms with Crippen molar-refractivity contribution in [2.75, 3.05) is 26.2 Å². The van der Waals surface area contributed by atoms with Gasteiger partial charge in [-0.25, -0.2) is 0 Å². The molecule has 0 bridgehead atoms. The summed E-state index contributed by atoms with van der Waals surface area (Å²) >= 11 is 0. The molecule has 1 saturated heterocycles. The lowest BCUT2D eigenvalue weighted by molar-refractivity contribution is -0.139. The topological polar surface area (TPSA) is 67.6 Å². The molecule has 23 heavy (non-hydrogen) atoms. The van der Waals surface area contributed by atoms with Gasteiger partial charge in [0.2, 0.25) is 0 Å². The standard InChI is InChI=1S/C16H25N3O2.2ClH/c1-16(2,17)12-18-15(20)14-11-19(8-9-21-14)10-13-6-4-3-5-7-13;;/h3-7,14H,8-12,17H2,1-2H3,(H,18,20);2*1H. The molecule has 1 aliphatic rings. The fourth-order valence-corrected chi connectivity index (χ4v) is 2.28. The molecule has 3 N–H and O–H groups in total. The average Bonchev–Trinajstić information content (AvgIpc) is 2.45. The van der Waals surface area contributed by atoms with Crippen LogP contribution in [-0.4, -0.2) is 48.7 Å². The van der Waals surface area contributed by atoms with Gasteiger partial charge < -0.3 is 15.8 Å². The highest BCUT2D eigenvalue weighted by atomic mass is 35.5. The van der Waals surface area contributed by atoms with Gasteiger partial charge in [-0.2, -0.15) is 0 Å². The summed E-state index contributed by atoms with van der Waals surface area (Å²) in [6, 6.07) is 10.3. The van der Waals surface area contributed by atoms with Crippen LogP contribution in [0.15, 0.2) is 30.3 Å². The number of amides is 1. The summed E-state index contributed by atoms with van der Waals surface area (Å²) in [5.41, 5.74) is 6.72. The maximum absolute atomic E-state index is 12.1. The molecule has 0 saturated carbocycles. The highest BCUT2D eigenvalue weighted by molar-refractivity contribution is 5.85. The molecule has 7 heteroatoms. The Hall–Kier alpha value is -0.850. The molecule has 1 atom stereocenters. The van der Waals surface area contributed by atoms with Crippen molar-refractivity contribution in [3.8, 4) is 0 Å². The zero-order valence-corrected chi connectivity index (χ0v) is 15.3. The van der Waals surface area contributed by atoms with Gasteiger partial charge in [0.1, 0.15) is 6.10 Å². The number of hydrogen-bond acceptors (Lipinski definition) is 4. The maximum Gasteiger partial charge on any atom is 0.250 e. The third-order valence-corrected chi connectivity index (χ3v) is 3.41. The Labute approximate surface area is 150 Å². The zero-order valence-electron chi connectivity index (χ0n) is 13.7. The lowest BCUT2D eigenvalue weighted by Crippen LogP contribution is -2.53. The summed E-state index contributed by atoms with van der Waals surface area (Å²) in [5.74, 6) is -0.0775. The molecule has 1 aromatic rings. The maximum atomic E-state index is 12.1. The van der Waals surface area contributed by atoms with Gasteiger partial charge in [-0.15, -0.1) is 24.8 Å². The Balaban J connectivity index is 0.00000242. The number of carbonyl (C=O) groups excluding carboxylic acids is 1. The van der Waals surface area contributed by atoms with Gasteiger partial charge in [0.15, 0.2) is 0 Å². The molecule has 1 amide bonds. The molecule has 2 rings (SSSR count). The highest BCUT2D eigenvalue weighted by Gasteiger charge is 2.27. The summed E-state index contributed by atoms with van der Waals surface area (Å²) in [6.07, 6.45) is -0.412. The van der Waals surface area contributed by atoms with Crippen LogP contribution >= 0.6 is 24.8 Å². The average molecular weight is 364 g/mol. The fourth-order valence-electron chi connectivity index (χ4n) is 2.28. The second-order valence-electron chi connectivity index (χ2n) is 6.29. The van der Waals surface area contributed by atoms with Gasteiger partial charge >= 0.3 is 0 Å². The molecule has 1 heterocycles. The number of ether oxygens (including phenoxy) is 1. The number of rotatable bonds is 5. The zero-order chi connectivity index (χ0) is 15.3. The van der Waals surface area contributed by atoms with Crippen molar-refractivity contribution in [3.05, 3.63) is 35.9 Å². The van der Waals surface area contributed by atoms with E-state index >= 15 is 0 Å². The number of nitrogens with zero attached hydrogens (tertiary/aromatic N) is 1. The molecule has 0 radical (unpaired) electrons. The van der Waals surface area contributed by atoms with Crippen LogP contribution in [0, 0.1) is 0 Å². The molecular weight excluding hydrogens is 337 g/mol. The summed E-state index contributed by atoms with van der Waals surface area (Å²) < 4.78 is 5.58. The normalized spacial score (nSPS) is 18.5. The third kappa shape index (κ3) is 7.99. The van der Waals surface area contributed by atoms with Crippen molar-refractivity contribution in [3.63, 3.8) is 0 Å². The van der Waals surface area contributed by atoms with Crippen LogP contribution in [0.5, 0.6) is 0 Å². The molecule has 1 aromatic carbocycles. The molecule has 0 aromatic heterocycles. The van der Waals surface area contributed by atoms with E-state index in [0.717, 1.165) is 13.1 Å². The van der Waals surface area contributed by atoms with Gasteiger partial charge in [0.25, 0.3) is 5.91 Å². The third-order valence-electron chi connectivity index (χ3n) is 3.41.